The molecule has 2 atom stereocenters. The summed E-state index contributed by atoms with van der Waals surface area (Å²) in [5, 5.41) is 3.97. The smallest absolute Gasteiger partial charge is 0.395 e. The van der Waals surface area contributed by atoms with E-state index in [2.05, 4.69) is 21.7 Å². The number of hydrogen-bond acceptors (Lipinski definition) is 4. The molecule has 2 heterocycles. The molecule has 98 valence electrons. The number of fused-ring (bicyclic) bond motifs is 1. The lowest BCUT2D eigenvalue weighted by Crippen LogP contribution is -2.25. The van der Waals surface area contributed by atoms with Crippen molar-refractivity contribution in [3.8, 4) is 11.5 Å². The first-order valence-corrected chi connectivity index (χ1v) is 6.85. The zero-order valence-corrected chi connectivity index (χ0v) is 10.6. The second-order valence-corrected chi connectivity index (χ2v) is 6.02. The maximum absolute atomic E-state index is 12.9. The molecular weight excluding hydrogens is 260 g/mol. The molecule has 3 rings (SSSR count). The van der Waals surface area contributed by atoms with Crippen LogP contribution in [-0.4, -0.2) is 23.3 Å². The van der Waals surface area contributed by atoms with E-state index < -0.39 is 6.29 Å². The van der Waals surface area contributed by atoms with Crippen molar-refractivity contribution in [3.63, 3.8) is 0 Å². The molecule has 1 fully saturated rings. The van der Waals surface area contributed by atoms with Crippen molar-refractivity contribution in [3.05, 3.63) is 18.2 Å². The summed E-state index contributed by atoms with van der Waals surface area (Å²) in [5.74, 6) is 1.20. The van der Waals surface area contributed by atoms with Gasteiger partial charge in [-0.05, 0) is 18.6 Å². The van der Waals surface area contributed by atoms with Crippen LogP contribution in [0.5, 0.6) is 11.5 Å². The van der Waals surface area contributed by atoms with Crippen molar-refractivity contribution in [2.45, 2.75) is 30.9 Å². The second kappa shape index (κ2) is 4.19. The molecule has 1 saturated heterocycles. The first-order valence-electron chi connectivity index (χ1n) is 5.80. The Morgan fingerprint density at radius 2 is 2.11 bits per heavy atom. The third-order valence-electron chi connectivity index (χ3n) is 2.97. The number of hydrogen-bond donors (Lipinski definition) is 1. The molecule has 0 aromatic heterocycles. The molecule has 18 heavy (non-hydrogen) atoms. The van der Waals surface area contributed by atoms with Gasteiger partial charge in [-0.15, -0.1) is 8.78 Å². The minimum Gasteiger partial charge on any atom is -0.395 e. The summed E-state index contributed by atoms with van der Waals surface area (Å²) >= 11 is 1.91. The van der Waals surface area contributed by atoms with Crippen LogP contribution in [0.15, 0.2) is 18.2 Å². The van der Waals surface area contributed by atoms with Gasteiger partial charge < -0.3 is 14.8 Å². The maximum Gasteiger partial charge on any atom is 0.586 e. The first kappa shape index (κ1) is 11.9. The van der Waals surface area contributed by atoms with Gasteiger partial charge >= 0.3 is 6.29 Å². The van der Waals surface area contributed by atoms with E-state index in [4.69, 9.17) is 0 Å². The summed E-state index contributed by atoms with van der Waals surface area (Å²) in [6, 6.07) is 5.18. The topological polar surface area (TPSA) is 30.5 Å². The Kier molecular flexibility index (Phi) is 2.77. The fourth-order valence-electron chi connectivity index (χ4n) is 2.19. The normalized spacial score (nSPS) is 28.4. The number of benzene rings is 1. The lowest BCUT2D eigenvalue weighted by Gasteiger charge is -2.13. The average molecular weight is 273 g/mol. The highest BCUT2D eigenvalue weighted by molar-refractivity contribution is 8.00. The standard InChI is InChI=1S/C12H13F2NO2S/c1-7-4-9(6-18-7)15-8-2-3-10-11(5-8)17-12(13,14)16-10/h2-3,5,7,9,15H,4,6H2,1H3. The van der Waals surface area contributed by atoms with Crippen LogP contribution in [0, 0.1) is 0 Å². The van der Waals surface area contributed by atoms with E-state index >= 15 is 0 Å². The Labute approximate surface area is 108 Å². The molecule has 1 aromatic carbocycles. The SMILES string of the molecule is CC1CC(Nc2ccc3c(c2)OC(F)(F)O3)CS1. The lowest BCUT2D eigenvalue weighted by molar-refractivity contribution is -0.286. The number of thioether (sulfide) groups is 1. The van der Waals surface area contributed by atoms with Crippen LogP contribution in [0.4, 0.5) is 14.5 Å². The van der Waals surface area contributed by atoms with Crippen molar-refractivity contribution >= 4 is 17.4 Å². The monoisotopic (exact) mass is 273 g/mol. The number of nitrogens with one attached hydrogen (secondary N) is 1. The quantitative estimate of drug-likeness (QED) is 0.895. The van der Waals surface area contributed by atoms with Gasteiger partial charge in [-0.3, -0.25) is 0 Å². The predicted molar refractivity (Wildman–Crippen MR) is 66.6 cm³/mol. The largest absolute Gasteiger partial charge is 0.586 e. The van der Waals surface area contributed by atoms with E-state index in [0.29, 0.717) is 11.3 Å². The molecule has 0 bridgehead atoms. The molecule has 2 aliphatic heterocycles. The number of ether oxygens (including phenoxy) is 2. The van der Waals surface area contributed by atoms with Gasteiger partial charge in [0.05, 0.1) is 0 Å². The lowest BCUT2D eigenvalue weighted by atomic mass is 10.2. The maximum atomic E-state index is 12.9. The second-order valence-electron chi connectivity index (χ2n) is 4.55. The van der Waals surface area contributed by atoms with Gasteiger partial charge in [0.25, 0.3) is 0 Å². The highest BCUT2D eigenvalue weighted by Crippen LogP contribution is 2.42. The minimum absolute atomic E-state index is 0.0831. The Hall–Kier alpha value is -1.17. The van der Waals surface area contributed by atoms with E-state index in [0.717, 1.165) is 17.9 Å². The van der Waals surface area contributed by atoms with Crippen LogP contribution in [0.2, 0.25) is 0 Å². The van der Waals surface area contributed by atoms with E-state index in [1.165, 1.54) is 6.07 Å². The first-order chi connectivity index (χ1) is 8.52. The fourth-order valence-corrected chi connectivity index (χ4v) is 3.34. The Balaban J connectivity index is 1.72. The third kappa shape index (κ3) is 2.34. The summed E-state index contributed by atoms with van der Waals surface area (Å²) in [6.45, 7) is 2.19. The zero-order valence-electron chi connectivity index (χ0n) is 9.78. The molecule has 0 radical (unpaired) electrons. The number of anilines is 1. The van der Waals surface area contributed by atoms with Gasteiger partial charge in [-0.1, -0.05) is 6.92 Å². The molecule has 0 saturated carbocycles. The van der Waals surface area contributed by atoms with Crippen molar-refractivity contribution in [2.75, 3.05) is 11.1 Å². The van der Waals surface area contributed by atoms with Gasteiger partial charge in [-0.25, -0.2) is 0 Å². The number of alkyl halides is 2. The van der Waals surface area contributed by atoms with Crippen LogP contribution in [0.1, 0.15) is 13.3 Å². The van der Waals surface area contributed by atoms with Gasteiger partial charge in [0.15, 0.2) is 11.5 Å². The van der Waals surface area contributed by atoms with E-state index in [1.54, 1.807) is 12.1 Å². The van der Waals surface area contributed by atoms with Crippen LogP contribution in [0.3, 0.4) is 0 Å². The summed E-state index contributed by atoms with van der Waals surface area (Å²) in [7, 11) is 0. The van der Waals surface area contributed by atoms with Crippen molar-refractivity contribution in [1.82, 2.24) is 0 Å². The zero-order chi connectivity index (χ0) is 12.8. The van der Waals surface area contributed by atoms with Gasteiger partial charge in [0, 0.05) is 28.8 Å². The minimum atomic E-state index is -3.54. The summed E-state index contributed by atoms with van der Waals surface area (Å²) in [6.07, 6.45) is -2.46. The Bertz CT molecular complexity index is 469. The third-order valence-corrected chi connectivity index (χ3v) is 4.33. The molecule has 1 aromatic rings. The van der Waals surface area contributed by atoms with Gasteiger partial charge in [0.2, 0.25) is 0 Å². The van der Waals surface area contributed by atoms with Crippen molar-refractivity contribution in [2.24, 2.45) is 0 Å². The molecule has 2 aliphatic rings. The fraction of sp³-hybridized carbons (Fsp3) is 0.500. The Morgan fingerprint density at radius 3 is 2.83 bits per heavy atom. The molecule has 0 aliphatic carbocycles. The van der Waals surface area contributed by atoms with Crippen LogP contribution < -0.4 is 14.8 Å². The van der Waals surface area contributed by atoms with Gasteiger partial charge in [0.1, 0.15) is 0 Å². The van der Waals surface area contributed by atoms with Crippen molar-refractivity contribution in [1.29, 1.82) is 0 Å². The van der Waals surface area contributed by atoms with E-state index in [1.807, 2.05) is 11.8 Å². The van der Waals surface area contributed by atoms with Crippen LogP contribution in [0.25, 0.3) is 0 Å². The summed E-state index contributed by atoms with van der Waals surface area (Å²) < 4.78 is 34.5. The molecule has 3 nitrogen and oxygen atoms in total. The highest BCUT2D eigenvalue weighted by Gasteiger charge is 2.43. The molecule has 0 amide bonds. The van der Waals surface area contributed by atoms with E-state index in [-0.39, 0.29) is 11.5 Å². The average Bonchev–Trinajstić information content (AvgIpc) is 2.80. The molecule has 6 heteroatoms. The van der Waals surface area contributed by atoms with Gasteiger partial charge in [-0.2, -0.15) is 11.8 Å². The molecule has 2 unspecified atom stereocenters. The highest BCUT2D eigenvalue weighted by atomic mass is 32.2. The summed E-state index contributed by atoms with van der Waals surface area (Å²) in [5.41, 5.74) is 0.787. The van der Waals surface area contributed by atoms with Crippen LogP contribution >= 0.6 is 11.8 Å². The molecule has 1 N–H and O–H groups in total. The molecular formula is C12H13F2NO2S. The number of halogens is 2. The predicted octanol–water partition coefficient (Wildman–Crippen LogP) is 3.31. The number of rotatable bonds is 2. The Morgan fingerprint density at radius 1 is 1.33 bits per heavy atom. The van der Waals surface area contributed by atoms with Crippen LogP contribution in [-0.2, 0) is 0 Å². The summed E-state index contributed by atoms with van der Waals surface area (Å²) in [4.78, 5) is 0. The van der Waals surface area contributed by atoms with E-state index in [9.17, 15) is 8.78 Å². The van der Waals surface area contributed by atoms with Crippen molar-refractivity contribution < 1.29 is 18.3 Å². The molecule has 0 spiro atoms.